The number of rotatable bonds is 6. The lowest BCUT2D eigenvalue weighted by Gasteiger charge is -2.26. The quantitative estimate of drug-likeness (QED) is 0.828. The van der Waals surface area contributed by atoms with Gasteiger partial charge >= 0.3 is 0 Å². The van der Waals surface area contributed by atoms with E-state index in [0.717, 1.165) is 25.2 Å². The first-order valence-electron chi connectivity index (χ1n) is 7.48. The fourth-order valence-electron chi connectivity index (χ4n) is 2.56. The summed E-state index contributed by atoms with van der Waals surface area (Å²) in [5.41, 5.74) is 6.74. The molecule has 0 radical (unpaired) electrons. The number of hydrogen-bond acceptors (Lipinski definition) is 3. The number of benzene rings is 1. The first-order valence-corrected chi connectivity index (χ1v) is 7.48. The van der Waals surface area contributed by atoms with Gasteiger partial charge in [-0.05, 0) is 31.5 Å². The lowest BCUT2D eigenvalue weighted by Crippen LogP contribution is -2.40. The summed E-state index contributed by atoms with van der Waals surface area (Å²) >= 11 is 0. The van der Waals surface area contributed by atoms with Gasteiger partial charge in [-0.1, -0.05) is 37.3 Å². The van der Waals surface area contributed by atoms with Crippen molar-refractivity contribution in [3.8, 4) is 0 Å². The van der Waals surface area contributed by atoms with Crippen molar-refractivity contribution in [3.63, 3.8) is 0 Å². The molecule has 0 aromatic heterocycles. The minimum atomic E-state index is -0.139. The fourth-order valence-corrected chi connectivity index (χ4v) is 2.56. The van der Waals surface area contributed by atoms with Crippen LogP contribution in [0, 0.1) is 5.92 Å². The maximum absolute atomic E-state index is 12.1. The Morgan fingerprint density at radius 1 is 1.30 bits per heavy atom. The van der Waals surface area contributed by atoms with Crippen molar-refractivity contribution in [1.29, 1.82) is 0 Å². The van der Waals surface area contributed by atoms with Crippen molar-refractivity contribution >= 4 is 5.91 Å². The molecular weight excluding hydrogens is 250 g/mol. The molecule has 0 saturated carbocycles. The van der Waals surface area contributed by atoms with Gasteiger partial charge in [0, 0.05) is 19.0 Å². The Hall–Kier alpha value is -1.39. The number of nitrogens with one attached hydrogen (secondary N) is 1. The minimum absolute atomic E-state index is 0.0422. The molecule has 0 spiro atoms. The molecule has 1 amide bonds. The molecule has 1 heterocycles. The van der Waals surface area contributed by atoms with Crippen LogP contribution in [0.1, 0.15) is 31.4 Å². The second-order valence-electron chi connectivity index (χ2n) is 5.62. The van der Waals surface area contributed by atoms with Crippen LogP contribution in [0.3, 0.4) is 0 Å². The third-order valence-electron chi connectivity index (χ3n) is 3.96. The van der Waals surface area contributed by atoms with Crippen LogP contribution in [-0.4, -0.2) is 37.0 Å². The Morgan fingerprint density at radius 2 is 1.95 bits per heavy atom. The second-order valence-corrected chi connectivity index (χ2v) is 5.62. The first-order chi connectivity index (χ1) is 9.70. The lowest BCUT2D eigenvalue weighted by molar-refractivity contribution is -0.125. The molecule has 20 heavy (non-hydrogen) atoms. The average Bonchev–Trinajstić information content (AvgIpc) is 2.99. The van der Waals surface area contributed by atoms with E-state index in [1.165, 1.54) is 12.8 Å². The number of nitrogens with zero attached hydrogens (tertiary/aromatic N) is 1. The second kappa shape index (κ2) is 7.41. The van der Waals surface area contributed by atoms with Crippen molar-refractivity contribution in [2.45, 2.75) is 25.8 Å². The molecule has 2 unspecified atom stereocenters. The van der Waals surface area contributed by atoms with Gasteiger partial charge in [0.15, 0.2) is 0 Å². The molecule has 3 N–H and O–H groups in total. The maximum atomic E-state index is 12.1. The molecule has 2 rings (SSSR count). The van der Waals surface area contributed by atoms with Crippen LogP contribution in [0.25, 0.3) is 0 Å². The van der Waals surface area contributed by atoms with E-state index in [4.69, 9.17) is 5.73 Å². The zero-order chi connectivity index (χ0) is 14.4. The zero-order valence-corrected chi connectivity index (χ0v) is 12.2. The normalized spacial score (nSPS) is 18.7. The maximum Gasteiger partial charge on any atom is 0.224 e. The summed E-state index contributed by atoms with van der Waals surface area (Å²) in [7, 11) is 0. The Kier molecular flexibility index (Phi) is 5.56. The van der Waals surface area contributed by atoms with E-state index >= 15 is 0 Å². The monoisotopic (exact) mass is 275 g/mol. The van der Waals surface area contributed by atoms with Gasteiger partial charge in [-0.2, -0.15) is 0 Å². The molecule has 4 heteroatoms. The van der Waals surface area contributed by atoms with E-state index in [1.54, 1.807) is 0 Å². The van der Waals surface area contributed by atoms with Crippen LogP contribution >= 0.6 is 0 Å². The predicted molar refractivity (Wildman–Crippen MR) is 81.2 cm³/mol. The van der Waals surface area contributed by atoms with Crippen molar-refractivity contribution in [3.05, 3.63) is 35.9 Å². The third kappa shape index (κ3) is 4.05. The number of carbonyl (C=O) groups excluding carboxylic acids is 1. The summed E-state index contributed by atoms with van der Waals surface area (Å²) in [4.78, 5) is 14.5. The molecule has 1 fully saturated rings. The van der Waals surface area contributed by atoms with E-state index < -0.39 is 0 Å². The topological polar surface area (TPSA) is 58.4 Å². The summed E-state index contributed by atoms with van der Waals surface area (Å²) < 4.78 is 0. The molecule has 1 aromatic carbocycles. The van der Waals surface area contributed by atoms with Crippen LogP contribution in [0.2, 0.25) is 0 Å². The van der Waals surface area contributed by atoms with E-state index in [1.807, 2.05) is 25.1 Å². The van der Waals surface area contributed by atoms with E-state index in [0.29, 0.717) is 6.54 Å². The van der Waals surface area contributed by atoms with Crippen LogP contribution in [-0.2, 0) is 4.79 Å². The zero-order valence-electron chi connectivity index (χ0n) is 12.2. The molecule has 4 nitrogen and oxygen atoms in total. The highest BCUT2D eigenvalue weighted by Crippen LogP contribution is 2.18. The molecule has 2 atom stereocenters. The number of hydrogen-bond donors (Lipinski definition) is 2. The molecule has 1 aliphatic rings. The minimum Gasteiger partial charge on any atom is -0.348 e. The van der Waals surface area contributed by atoms with Crippen molar-refractivity contribution in [2.24, 2.45) is 11.7 Å². The lowest BCUT2D eigenvalue weighted by atomic mass is 10.0. The van der Waals surface area contributed by atoms with E-state index in [2.05, 4.69) is 22.3 Å². The number of likely N-dealkylation sites (tertiary alicyclic amines) is 1. The molecule has 1 aromatic rings. The van der Waals surface area contributed by atoms with Gasteiger partial charge in [0.1, 0.15) is 0 Å². The van der Waals surface area contributed by atoms with Gasteiger partial charge in [-0.3, -0.25) is 4.79 Å². The Labute approximate surface area is 121 Å². The van der Waals surface area contributed by atoms with Crippen molar-refractivity contribution in [1.82, 2.24) is 10.2 Å². The Balaban J connectivity index is 2.05. The summed E-state index contributed by atoms with van der Waals surface area (Å²) in [5.74, 6) is -0.0969. The van der Waals surface area contributed by atoms with Gasteiger partial charge < -0.3 is 16.0 Å². The Morgan fingerprint density at radius 3 is 2.55 bits per heavy atom. The highest BCUT2D eigenvalue weighted by molar-refractivity contribution is 5.79. The Bertz CT molecular complexity index is 415. The van der Waals surface area contributed by atoms with Crippen LogP contribution < -0.4 is 11.1 Å². The number of amides is 1. The molecule has 110 valence electrons. The molecule has 1 aliphatic heterocycles. The summed E-state index contributed by atoms with van der Waals surface area (Å²) in [6, 6.07) is 10.2. The van der Waals surface area contributed by atoms with E-state index in [9.17, 15) is 4.79 Å². The molecule has 1 saturated heterocycles. The highest BCUT2D eigenvalue weighted by Gasteiger charge is 2.22. The van der Waals surface area contributed by atoms with Gasteiger partial charge in [-0.15, -0.1) is 0 Å². The van der Waals surface area contributed by atoms with Crippen LogP contribution in [0.15, 0.2) is 30.3 Å². The average molecular weight is 275 g/mol. The van der Waals surface area contributed by atoms with Gasteiger partial charge in [0.05, 0.1) is 6.04 Å². The SMILES string of the molecule is CC(CN)C(=O)NC(CN1CCCC1)c1ccccc1. The molecule has 0 aliphatic carbocycles. The van der Waals surface area contributed by atoms with Gasteiger partial charge in [0.25, 0.3) is 0 Å². The predicted octanol–water partition coefficient (Wildman–Crippen LogP) is 1.53. The largest absolute Gasteiger partial charge is 0.348 e. The highest BCUT2D eigenvalue weighted by atomic mass is 16.1. The first kappa shape index (κ1) is 15.0. The van der Waals surface area contributed by atoms with E-state index in [-0.39, 0.29) is 17.9 Å². The van der Waals surface area contributed by atoms with Gasteiger partial charge in [-0.25, -0.2) is 0 Å². The standard InChI is InChI=1S/C16H25N3O/c1-13(11-17)16(20)18-15(12-19-9-5-6-10-19)14-7-3-2-4-8-14/h2-4,7-8,13,15H,5-6,9-12,17H2,1H3,(H,18,20). The fraction of sp³-hybridized carbons (Fsp3) is 0.562. The summed E-state index contributed by atoms with van der Waals surface area (Å²) in [5, 5.41) is 3.15. The molecular formula is C16H25N3O. The van der Waals surface area contributed by atoms with Crippen molar-refractivity contribution < 1.29 is 4.79 Å². The van der Waals surface area contributed by atoms with Crippen LogP contribution in [0.4, 0.5) is 0 Å². The number of nitrogens with two attached hydrogens (primary N) is 1. The summed E-state index contributed by atoms with van der Waals surface area (Å²) in [6.45, 7) is 5.40. The summed E-state index contributed by atoms with van der Waals surface area (Å²) in [6.07, 6.45) is 2.52. The third-order valence-corrected chi connectivity index (χ3v) is 3.96. The molecule has 0 bridgehead atoms. The van der Waals surface area contributed by atoms with Crippen LogP contribution in [0.5, 0.6) is 0 Å². The van der Waals surface area contributed by atoms with Crippen molar-refractivity contribution in [2.75, 3.05) is 26.2 Å². The number of carbonyl (C=O) groups is 1. The van der Waals surface area contributed by atoms with Gasteiger partial charge in [0.2, 0.25) is 5.91 Å². The smallest absolute Gasteiger partial charge is 0.224 e.